The molecule has 0 aromatic heterocycles. The lowest BCUT2D eigenvalue weighted by Crippen LogP contribution is -2.22. The van der Waals surface area contributed by atoms with Gasteiger partial charge in [-0.2, -0.15) is 10.2 Å². The number of aromatic hydroxyl groups is 4. The summed E-state index contributed by atoms with van der Waals surface area (Å²) in [5, 5.41) is 75.9. The maximum atomic E-state index is 12.0. The Kier molecular flexibility index (Phi) is 9.57. The highest BCUT2D eigenvalue weighted by Crippen LogP contribution is 2.37. The standard InChI is InChI=1S/C28H20N4O14S2/c33-17-9-19(27(37)38)25(21(35)11-17)31-29-15-5-3-13(23(7-15)47(41,42)43)1-2-14-4-6-16(8-24(14)48(44,45)46)30-32-26-20(28(39)40)10-18(34)12-22(26)36/h1-12,33-36H,(H,37,38)(H,39,40)(H,41,42,43)(H,44,45,46)/p-4/b2-1+,31-29?,32-30?. The van der Waals surface area contributed by atoms with Crippen LogP contribution in [0.4, 0.5) is 22.7 Å². The van der Waals surface area contributed by atoms with Gasteiger partial charge in [-0.05, 0) is 47.5 Å². The maximum absolute atomic E-state index is 12.0. The maximum Gasteiger partial charge on any atom is 0.147 e. The molecule has 0 saturated carbocycles. The Morgan fingerprint density at radius 3 is 1.23 bits per heavy atom. The molecule has 4 aromatic rings. The summed E-state index contributed by atoms with van der Waals surface area (Å²) in [6.45, 7) is 0. The van der Waals surface area contributed by atoms with E-state index in [1.54, 1.807) is 0 Å². The number of rotatable bonds is 10. The molecule has 20 heteroatoms. The molecule has 0 spiro atoms. The Morgan fingerprint density at radius 2 is 0.917 bits per heavy atom. The number of azo groups is 2. The number of carboxylic acid groups (broad SMARTS) is 2. The van der Waals surface area contributed by atoms with Crippen molar-refractivity contribution in [1.29, 1.82) is 0 Å². The van der Waals surface area contributed by atoms with Gasteiger partial charge in [-0.3, -0.25) is 0 Å². The number of carbonyl (C=O) groups excluding carboxylic acids is 2. The van der Waals surface area contributed by atoms with E-state index in [-0.39, 0.29) is 22.5 Å². The summed E-state index contributed by atoms with van der Waals surface area (Å²) < 4.78 is 72.2. The number of hydrogen-bond donors (Lipinski definition) is 4. The van der Waals surface area contributed by atoms with Crippen LogP contribution in [0.3, 0.4) is 0 Å². The summed E-state index contributed by atoms with van der Waals surface area (Å²) in [4.78, 5) is 20.9. The van der Waals surface area contributed by atoms with Crippen LogP contribution >= 0.6 is 0 Å². The van der Waals surface area contributed by atoms with Crippen molar-refractivity contribution in [1.82, 2.24) is 0 Å². The van der Waals surface area contributed by atoms with Gasteiger partial charge in [0.25, 0.3) is 0 Å². The molecule has 0 aliphatic rings. The van der Waals surface area contributed by atoms with E-state index < -0.39 is 87.5 Å². The molecule has 0 aliphatic carbocycles. The normalized spacial score (nSPS) is 12.3. The van der Waals surface area contributed by atoms with Gasteiger partial charge in [0.15, 0.2) is 0 Å². The molecular weight excluding hydrogens is 680 g/mol. The summed E-state index contributed by atoms with van der Waals surface area (Å²) in [6.07, 6.45) is 1.94. The molecule has 0 saturated heterocycles. The number of benzene rings is 4. The molecule has 0 fully saturated rings. The van der Waals surface area contributed by atoms with Crippen LogP contribution in [0.1, 0.15) is 31.8 Å². The van der Waals surface area contributed by atoms with Crippen molar-refractivity contribution in [2.75, 3.05) is 0 Å². The quantitative estimate of drug-likeness (QED) is 0.105. The number of hydrogen-bond acceptors (Lipinski definition) is 18. The first kappa shape index (κ1) is 34.6. The predicted octanol–water partition coefficient (Wildman–Crippen LogP) is 2.05. The molecule has 0 atom stereocenters. The van der Waals surface area contributed by atoms with Gasteiger partial charge in [0.2, 0.25) is 0 Å². The number of aromatic carboxylic acids is 2. The lowest BCUT2D eigenvalue weighted by atomic mass is 10.1. The summed E-state index contributed by atoms with van der Waals surface area (Å²) in [5.74, 6) is -6.56. The third-order valence-corrected chi connectivity index (χ3v) is 7.88. The van der Waals surface area contributed by atoms with Crippen molar-refractivity contribution < 1.29 is 66.2 Å². The predicted molar refractivity (Wildman–Crippen MR) is 154 cm³/mol. The van der Waals surface area contributed by atoms with E-state index in [4.69, 9.17) is 0 Å². The monoisotopic (exact) mass is 696 g/mol. The Labute approximate surface area is 269 Å². The van der Waals surface area contributed by atoms with Gasteiger partial charge in [-0.15, -0.1) is 10.2 Å². The molecule has 0 amide bonds. The van der Waals surface area contributed by atoms with Crippen LogP contribution in [0.2, 0.25) is 0 Å². The fourth-order valence-corrected chi connectivity index (χ4v) is 5.38. The Balaban J connectivity index is 1.72. The highest BCUT2D eigenvalue weighted by atomic mass is 32.2. The van der Waals surface area contributed by atoms with Gasteiger partial charge in [-0.1, -0.05) is 24.3 Å². The highest BCUT2D eigenvalue weighted by Gasteiger charge is 2.15. The van der Waals surface area contributed by atoms with Crippen molar-refractivity contribution >= 4 is 67.1 Å². The third kappa shape index (κ3) is 7.94. The smallest absolute Gasteiger partial charge is 0.147 e. The molecule has 4 N–H and O–H groups in total. The number of nitrogens with zero attached hydrogens (tertiary/aromatic N) is 4. The summed E-state index contributed by atoms with van der Waals surface area (Å²) in [7, 11) is -10.5. The van der Waals surface area contributed by atoms with Gasteiger partial charge < -0.3 is 49.3 Å². The van der Waals surface area contributed by atoms with E-state index in [1.165, 1.54) is 0 Å². The zero-order chi connectivity index (χ0) is 35.6. The molecule has 0 radical (unpaired) electrons. The fraction of sp³-hybridized carbons (Fsp3) is 0. The van der Waals surface area contributed by atoms with E-state index in [9.17, 15) is 66.2 Å². The molecule has 48 heavy (non-hydrogen) atoms. The van der Waals surface area contributed by atoms with E-state index in [0.717, 1.165) is 60.7 Å². The second-order valence-electron chi connectivity index (χ2n) is 9.38. The second kappa shape index (κ2) is 13.3. The zero-order valence-electron chi connectivity index (χ0n) is 23.4. The number of phenolic OH excluding ortho intramolecular Hbond substituents is 4. The van der Waals surface area contributed by atoms with Gasteiger partial charge in [0, 0.05) is 23.3 Å². The van der Waals surface area contributed by atoms with Gasteiger partial charge in [0.1, 0.15) is 54.6 Å². The average Bonchev–Trinajstić information content (AvgIpc) is 2.97. The topological polar surface area (TPSA) is 325 Å². The Morgan fingerprint density at radius 1 is 0.562 bits per heavy atom. The molecule has 248 valence electrons. The van der Waals surface area contributed by atoms with Crippen molar-refractivity contribution in [2.45, 2.75) is 9.79 Å². The average molecular weight is 697 g/mol. The third-order valence-electron chi connectivity index (χ3n) is 6.10. The summed E-state index contributed by atoms with van der Waals surface area (Å²) in [6, 6.07) is 8.70. The van der Waals surface area contributed by atoms with E-state index >= 15 is 0 Å². The summed E-state index contributed by atoms with van der Waals surface area (Å²) in [5.41, 5.74) is -4.11. The SMILES string of the molecule is O=C([O-])c1cc(O)cc(O)c1N=Nc1ccc(/C=C/c2ccc(N=Nc3c(O)cc(O)cc3C(=O)[O-])cc2S(=O)(=O)[O-])c(S(=O)(=O)[O-])c1. The molecule has 18 nitrogen and oxygen atoms in total. The zero-order valence-corrected chi connectivity index (χ0v) is 25.0. The van der Waals surface area contributed by atoms with E-state index in [1.807, 2.05) is 0 Å². The minimum Gasteiger partial charge on any atom is -0.744 e. The van der Waals surface area contributed by atoms with Crippen molar-refractivity contribution in [3.63, 3.8) is 0 Å². The molecule has 0 aliphatic heterocycles. The lowest BCUT2D eigenvalue weighted by Gasteiger charge is -2.13. The molecular formula is C28H16N4O14S2-4. The van der Waals surface area contributed by atoms with Crippen LogP contribution < -0.4 is 10.2 Å². The first-order valence-electron chi connectivity index (χ1n) is 12.6. The van der Waals surface area contributed by atoms with Crippen LogP contribution in [-0.4, -0.2) is 58.3 Å². The number of carbonyl (C=O) groups is 2. The van der Waals surface area contributed by atoms with Crippen molar-refractivity contribution in [3.8, 4) is 23.0 Å². The van der Waals surface area contributed by atoms with Crippen LogP contribution in [0, 0.1) is 0 Å². The van der Waals surface area contributed by atoms with E-state index in [0.29, 0.717) is 12.1 Å². The molecule has 0 bridgehead atoms. The largest absolute Gasteiger partial charge is 0.744 e. The van der Waals surface area contributed by atoms with Gasteiger partial charge in [-0.25, -0.2) is 16.8 Å². The fourth-order valence-electron chi connectivity index (χ4n) is 4.00. The van der Waals surface area contributed by atoms with Gasteiger partial charge >= 0.3 is 0 Å². The molecule has 4 rings (SSSR count). The van der Waals surface area contributed by atoms with E-state index in [2.05, 4.69) is 20.5 Å². The Bertz CT molecular complexity index is 2140. The Hall–Kier alpha value is -6.22. The van der Waals surface area contributed by atoms with Crippen molar-refractivity contribution in [3.05, 3.63) is 82.9 Å². The van der Waals surface area contributed by atoms with Crippen LogP contribution in [0.15, 0.2) is 90.9 Å². The molecule has 0 heterocycles. The lowest BCUT2D eigenvalue weighted by molar-refractivity contribution is -0.256. The van der Waals surface area contributed by atoms with Crippen LogP contribution in [0.5, 0.6) is 23.0 Å². The molecule has 4 aromatic carbocycles. The minimum atomic E-state index is -5.25. The molecule has 0 unspecified atom stereocenters. The van der Waals surface area contributed by atoms with Crippen molar-refractivity contribution in [2.24, 2.45) is 20.5 Å². The number of phenols is 4. The highest BCUT2D eigenvalue weighted by molar-refractivity contribution is 7.86. The van der Waals surface area contributed by atoms with Crippen LogP contribution in [-0.2, 0) is 20.2 Å². The second-order valence-corrected chi connectivity index (χ2v) is 12.1. The minimum absolute atomic E-state index is 0.317. The van der Waals surface area contributed by atoms with Crippen LogP contribution in [0.25, 0.3) is 12.2 Å². The van der Waals surface area contributed by atoms with Gasteiger partial charge in [0.05, 0.1) is 33.1 Å². The number of carboxylic acids is 2. The first-order chi connectivity index (χ1) is 22.3. The first-order valence-corrected chi connectivity index (χ1v) is 15.4. The summed E-state index contributed by atoms with van der Waals surface area (Å²) >= 11 is 0.